The van der Waals surface area contributed by atoms with E-state index in [-0.39, 0.29) is 12.0 Å². The number of esters is 1. The second-order valence-corrected chi connectivity index (χ2v) is 7.01. The van der Waals surface area contributed by atoms with E-state index in [1.165, 1.54) is 6.42 Å². The van der Waals surface area contributed by atoms with Gasteiger partial charge in [-0.15, -0.1) is 0 Å². The predicted molar refractivity (Wildman–Crippen MR) is 69.8 cm³/mol. The van der Waals surface area contributed by atoms with E-state index in [4.69, 9.17) is 4.74 Å². The number of hydrogen-bond donors (Lipinski definition) is 1. The first kappa shape index (κ1) is 14.5. The van der Waals surface area contributed by atoms with E-state index < -0.39 is 5.60 Å². The Morgan fingerprint density at radius 3 is 2.18 bits per heavy atom. The van der Waals surface area contributed by atoms with Gasteiger partial charge in [0.25, 0.3) is 0 Å². The summed E-state index contributed by atoms with van der Waals surface area (Å²) in [6.45, 7) is 14.3. The fourth-order valence-corrected chi connectivity index (χ4v) is 2.33. The number of carbonyl (C=O) groups excluding carboxylic acids is 1. The molecule has 1 aliphatic carbocycles. The Morgan fingerprint density at radius 2 is 1.82 bits per heavy atom. The van der Waals surface area contributed by atoms with E-state index >= 15 is 0 Å². The molecular formula is C14H27NO2. The summed E-state index contributed by atoms with van der Waals surface area (Å²) in [6, 6.07) is 0.133. The molecule has 1 rings (SSSR count). The Balaban J connectivity index is 2.39. The van der Waals surface area contributed by atoms with E-state index in [0.29, 0.717) is 17.4 Å². The predicted octanol–water partition coefficient (Wildman–Crippen LogP) is 2.74. The summed E-state index contributed by atoms with van der Waals surface area (Å²) in [5, 5.41) is 3.35. The zero-order valence-electron chi connectivity index (χ0n) is 12.3. The summed E-state index contributed by atoms with van der Waals surface area (Å²) in [7, 11) is 0. The van der Waals surface area contributed by atoms with Gasteiger partial charge in [-0.3, -0.25) is 4.79 Å². The zero-order valence-corrected chi connectivity index (χ0v) is 12.3. The van der Waals surface area contributed by atoms with Gasteiger partial charge in [0.15, 0.2) is 0 Å². The highest BCUT2D eigenvalue weighted by Gasteiger charge is 2.48. The molecular weight excluding hydrogens is 214 g/mol. The smallest absolute Gasteiger partial charge is 0.323 e. The van der Waals surface area contributed by atoms with Crippen LogP contribution in [0.25, 0.3) is 0 Å². The van der Waals surface area contributed by atoms with Crippen LogP contribution in [-0.2, 0) is 9.53 Å². The summed E-state index contributed by atoms with van der Waals surface area (Å²) in [4.78, 5) is 11.8. The molecule has 2 unspecified atom stereocenters. The lowest BCUT2D eigenvalue weighted by atomic mass is 10.0. The minimum Gasteiger partial charge on any atom is -0.459 e. The van der Waals surface area contributed by atoms with Crippen LogP contribution in [0.3, 0.4) is 0 Å². The number of hydrogen-bond acceptors (Lipinski definition) is 3. The third kappa shape index (κ3) is 4.30. The monoisotopic (exact) mass is 241 g/mol. The quantitative estimate of drug-likeness (QED) is 0.769. The summed E-state index contributed by atoms with van der Waals surface area (Å²) >= 11 is 0. The van der Waals surface area contributed by atoms with Crippen LogP contribution in [0.5, 0.6) is 0 Å². The summed E-state index contributed by atoms with van der Waals surface area (Å²) in [5.41, 5.74) is 0.0230. The standard InChI is InChI=1S/C14H27NO2/c1-9(11-8-14(11,6)7)15-10(2)12(16)17-13(3,4)5/h9-11,15H,8H2,1-7H3/t9?,10-,11?/m0/s1. The fraction of sp³-hybridized carbons (Fsp3) is 0.929. The highest BCUT2D eigenvalue weighted by atomic mass is 16.6. The van der Waals surface area contributed by atoms with Crippen molar-refractivity contribution in [1.29, 1.82) is 0 Å². The van der Waals surface area contributed by atoms with Crippen LogP contribution >= 0.6 is 0 Å². The largest absolute Gasteiger partial charge is 0.459 e. The maximum Gasteiger partial charge on any atom is 0.323 e. The molecule has 3 atom stereocenters. The van der Waals surface area contributed by atoms with Gasteiger partial charge in [-0.2, -0.15) is 0 Å². The molecule has 0 bridgehead atoms. The number of rotatable bonds is 4. The van der Waals surface area contributed by atoms with Crippen LogP contribution in [-0.4, -0.2) is 23.7 Å². The van der Waals surface area contributed by atoms with Gasteiger partial charge in [0, 0.05) is 6.04 Å². The average molecular weight is 241 g/mol. The molecule has 0 aromatic rings. The molecule has 0 heterocycles. The Bertz CT molecular complexity index is 291. The van der Waals surface area contributed by atoms with Crippen molar-refractivity contribution in [3.05, 3.63) is 0 Å². The lowest BCUT2D eigenvalue weighted by molar-refractivity contribution is -0.157. The SMILES string of the molecule is CC(N[C@@H](C)C(=O)OC(C)(C)C)C1CC1(C)C. The van der Waals surface area contributed by atoms with Crippen LogP contribution in [0, 0.1) is 11.3 Å². The lowest BCUT2D eigenvalue weighted by Crippen LogP contribution is -2.44. The van der Waals surface area contributed by atoms with Gasteiger partial charge in [0.05, 0.1) is 0 Å². The highest BCUT2D eigenvalue weighted by Crippen LogP contribution is 2.53. The average Bonchev–Trinajstić information content (AvgIpc) is 2.72. The third-order valence-electron chi connectivity index (χ3n) is 3.47. The van der Waals surface area contributed by atoms with Crippen LogP contribution in [0.15, 0.2) is 0 Å². The molecule has 17 heavy (non-hydrogen) atoms. The van der Waals surface area contributed by atoms with Gasteiger partial charge in [-0.25, -0.2) is 0 Å². The van der Waals surface area contributed by atoms with Crippen molar-refractivity contribution in [3.8, 4) is 0 Å². The summed E-state index contributed by atoms with van der Waals surface area (Å²) in [5.74, 6) is 0.509. The zero-order chi connectivity index (χ0) is 13.4. The van der Waals surface area contributed by atoms with Gasteiger partial charge >= 0.3 is 5.97 Å². The Kier molecular flexibility index (Phi) is 3.92. The second kappa shape index (κ2) is 4.60. The van der Waals surface area contributed by atoms with Crippen molar-refractivity contribution in [1.82, 2.24) is 5.32 Å². The van der Waals surface area contributed by atoms with Crippen LogP contribution < -0.4 is 5.32 Å². The van der Waals surface area contributed by atoms with Gasteiger partial charge in [0.2, 0.25) is 0 Å². The first-order valence-corrected chi connectivity index (χ1v) is 6.52. The van der Waals surface area contributed by atoms with E-state index in [2.05, 4.69) is 26.1 Å². The first-order chi connectivity index (χ1) is 7.53. The minimum atomic E-state index is -0.408. The van der Waals surface area contributed by atoms with Gasteiger partial charge < -0.3 is 10.1 Å². The molecule has 1 fully saturated rings. The highest BCUT2D eigenvalue weighted by molar-refractivity contribution is 5.75. The maximum atomic E-state index is 11.8. The number of nitrogens with one attached hydrogen (secondary N) is 1. The molecule has 3 nitrogen and oxygen atoms in total. The van der Waals surface area contributed by atoms with Crippen molar-refractivity contribution in [2.45, 2.75) is 72.6 Å². The third-order valence-corrected chi connectivity index (χ3v) is 3.47. The normalized spacial score (nSPS) is 26.2. The molecule has 3 heteroatoms. The van der Waals surface area contributed by atoms with Crippen molar-refractivity contribution in [2.24, 2.45) is 11.3 Å². The molecule has 1 aliphatic rings. The molecule has 1 N–H and O–H groups in total. The first-order valence-electron chi connectivity index (χ1n) is 6.52. The summed E-state index contributed by atoms with van der Waals surface area (Å²) < 4.78 is 5.35. The van der Waals surface area contributed by atoms with Crippen LogP contribution in [0.4, 0.5) is 0 Å². The van der Waals surface area contributed by atoms with Gasteiger partial charge in [0.1, 0.15) is 11.6 Å². The molecule has 0 aromatic carbocycles. The molecule has 1 saturated carbocycles. The molecule has 0 radical (unpaired) electrons. The van der Waals surface area contributed by atoms with E-state index in [1.807, 2.05) is 27.7 Å². The molecule has 0 aliphatic heterocycles. The molecule has 0 amide bonds. The van der Waals surface area contributed by atoms with Crippen molar-refractivity contribution >= 4 is 5.97 Å². The molecule has 0 aromatic heterocycles. The Morgan fingerprint density at radius 1 is 1.35 bits per heavy atom. The van der Waals surface area contributed by atoms with Gasteiger partial charge in [-0.1, -0.05) is 13.8 Å². The topological polar surface area (TPSA) is 38.3 Å². The fourth-order valence-electron chi connectivity index (χ4n) is 2.33. The second-order valence-electron chi connectivity index (χ2n) is 7.01. The number of ether oxygens (including phenoxy) is 1. The molecule has 0 spiro atoms. The van der Waals surface area contributed by atoms with E-state index in [1.54, 1.807) is 0 Å². The van der Waals surface area contributed by atoms with E-state index in [0.717, 1.165) is 0 Å². The molecule has 100 valence electrons. The Hall–Kier alpha value is -0.570. The van der Waals surface area contributed by atoms with Crippen LogP contribution in [0.2, 0.25) is 0 Å². The lowest BCUT2D eigenvalue weighted by Gasteiger charge is -2.25. The van der Waals surface area contributed by atoms with Crippen LogP contribution in [0.1, 0.15) is 54.9 Å². The summed E-state index contributed by atoms with van der Waals surface area (Å²) in [6.07, 6.45) is 1.24. The number of carbonyl (C=O) groups is 1. The molecule has 0 saturated heterocycles. The maximum absolute atomic E-state index is 11.8. The minimum absolute atomic E-state index is 0.164. The van der Waals surface area contributed by atoms with E-state index in [9.17, 15) is 4.79 Å². The van der Waals surface area contributed by atoms with Crippen molar-refractivity contribution < 1.29 is 9.53 Å². The van der Waals surface area contributed by atoms with Crippen molar-refractivity contribution in [3.63, 3.8) is 0 Å². The Labute approximate surface area is 105 Å². The van der Waals surface area contributed by atoms with Gasteiger partial charge in [-0.05, 0) is 52.4 Å². The van der Waals surface area contributed by atoms with Crippen molar-refractivity contribution in [2.75, 3.05) is 0 Å².